The maximum absolute atomic E-state index is 12.6. The largest absolute Gasteiger partial charge is 0.347 e. The minimum absolute atomic E-state index is 0.0768. The van der Waals surface area contributed by atoms with Gasteiger partial charge in [-0.3, -0.25) is 19.8 Å². The van der Waals surface area contributed by atoms with Crippen molar-refractivity contribution in [3.8, 4) is 0 Å². The molecule has 0 fully saturated rings. The fourth-order valence-corrected chi connectivity index (χ4v) is 2.08. The maximum atomic E-state index is 12.6. The summed E-state index contributed by atoms with van der Waals surface area (Å²) in [5, 5.41) is 15.5. The average molecular weight is 356 g/mol. The summed E-state index contributed by atoms with van der Waals surface area (Å²) in [4.78, 5) is 33.0. The molecule has 0 heterocycles. The van der Waals surface area contributed by atoms with E-state index in [1.54, 1.807) is 19.5 Å². The Hall–Kier alpha value is -1.96. The number of carbonyl (C=O) groups excluding carboxylic acids is 2. The predicted molar refractivity (Wildman–Crippen MR) is 97.5 cm³/mol. The van der Waals surface area contributed by atoms with Crippen LogP contribution in [0.2, 0.25) is 0 Å². The molecule has 8 heteroatoms. The van der Waals surface area contributed by atoms with Gasteiger partial charge in [-0.2, -0.15) is 0 Å². The van der Waals surface area contributed by atoms with Crippen LogP contribution >= 0.6 is 0 Å². The molecule has 0 saturated carbocycles. The molecule has 0 bridgehead atoms. The molecule has 0 saturated heterocycles. The average Bonchev–Trinajstić information content (AvgIpc) is 2.51. The van der Waals surface area contributed by atoms with E-state index < -0.39 is 17.9 Å². The molecule has 0 aromatic rings. The highest BCUT2D eigenvalue weighted by atomic mass is 16.6. The predicted octanol–water partition coefficient (Wildman–Crippen LogP) is 2.13. The summed E-state index contributed by atoms with van der Waals surface area (Å²) in [7, 11) is 1.59. The number of hydroxylamine groups is 1. The fourth-order valence-electron chi connectivity index (χ4n) is 2.08. The molecule has 0 aliphatic heterocycles. The molecule has 0 radical (unpaired) electrons. The normalized spacial score (nSPS) is 15.2. The molecule has 0 aromatic carbocycles. The molecule has 2 atom stereocenters. The number of carbonyl (C=O) groups is 2. The Morgan fingerprint density at radius 3 is 2.32 bits per heavy atom. The SMILES string of the molecule is CN=C(C)O/N=C/[C@@H](NC(=O)C(CC(=O)NO)CC(C)C)C(C)(C)C. The Morgan fingerprint density at radius 1 is 1.28 bits per heavy atom. The summed E-state index contributed by atoms with van der Waals surface area (Å²) in [6, 6.07) is -0.392. The summed E-state index contributed by atoms with van der Waals surface area (Å²) in [6.45, 7) is 11.5. The van der Waals surface area contributed by atoms with Crippen LogP contribution in [0.25, 0.3) is 0 Å². The second kappa shape index (κ2) is 10.8. The minimum Gasteiger partial charge on any atom is -0.347 e. The first-order chi connectivity index (χ1) is 11.5. The zero-order chi connectivity index (χ0) is 19.6. The molecule has 0 rings (SSSR count). The molecule has 25 heavy (non-hydrogen) atoms. The molecule has 0 aliphatic carbocycles. The van der Waals surface area contributed by atoms with E-state index in [1.807, 2.05) is 34.6 Å². The lowest BCUT2D eigenvalue weighted by molar-refractivity contribution is -0.135. The molecule has 0 spiro atoms. The summed E-state index contributed by atoms with van der Waals surface area (Å²) in [6.07, 6.45) is 1.98. The van der Waals surface area contributed by atoms with Crippen LogP contribution in [0.5, 0.6) is 0 Å². The number of aliphatic imine (C=N–C) groups is 1. The molecule has 2 amide bonds. The van der Waals surface area contributed by atoms with Crippen LogP contribution in [0.1, 0.15) is 54.4 Å². The van der Waals surface area contributed by atoms with Gasteiger partial charge in [0.05, 0.1) is 12.3 Å². The van der Waals surface area contributed by atoms with Crippen molar-refractivity contribution >= 4 is 23.9 Å². The third-order valence-corrected chi connectivity index (χ3v) is 3.62. The number of hydrogen-bond donors (Lipinski definition) is 3. The van der Waals surface area contributed by atoms with E-state index in [0.29, 0.717) is 12.3 Å². The zero-order valence-electron chi connectivity index (χ0n) is 16.3. The summed E-state index contributed by atoms with van der Waals surface area (Å²) in [5.74, 6) is -0.738. The van der Waals surface area contributed by atoms with Gasteiger partial charge in [-0.15, -0.1) is 0 Å². The Labute approximate surface area is 150 Å². The fraction of sp³-hybridized carbons (Fsp3) is 0.765. The van der Waals surface area contributed by atoms with Gasteiger partial charge in [-0.25, -0.2) is 5.48 Å². The van der Waals surface area contributed by atoms with Crippen molar-refractivity contribution < 1.29 is 19.6 Å². The van der Waals surface area contributed by atoms with Crippen molar-refractivity contribution in [2.75, 3.05) is 7.05 Å². The van der Waals surface area contributed by atoms with Gasteiger partial charge >= 0.3 is 0 Å². The van der Waals surface area contributed by atoms with E-state index >= 15 is 0 Å². The van der Waals surface area contributed by atoms with E-state index in [1.165, 1.54) is 6.21 Å². The quantitative estimate of drug-likeness (QED) is 0.268. The van der Waals surface area contributed by atoms with Gasteiger partial charge in [0.2, 0.25) is 17.7 Å². The van der Waals surface area contributed by atoms with E-state index in [2.05, 4.69) is 15.5 Å². The van der Waals surface area contributed by atoms with Gasteiger partial charge in [0.25, 0.3) is 0 Å². The second-order valence-electron chi connectivity index (χ2n) is 7.51. The van der Waals surface area contributed by atoms with Crippen LogP contribution in [-0.2, 0) is 14.4 Å². The molecule has 1 unspecified atom stereocenters. The lowest BCUT2D eigenvalue weighted by Crippen LogP contribution is -2.48. The maximum Gasteiger partial charge on any atom is 0.244 e. The van der Waals surface area contributed by atoms with Crippen LogP contribution < -0.4 is 10.8 Å². The summed E-state index contributed by atoms with van der Waals surface area (Å²) < 4.78 is 0. The Morgan fingerprint density at radius 2 is 1.88 bits per heavy atom. The van der Waals surface area contributed by atoms with Gasteiger partial charge in [0, 0.05) is 26.3 Å². The molecular formula is C17H32N4O4. The molecule has 3 N–H and O–H groups in total. The monoisotopic (exact) mass is 356 g/mol. The number of hydrogen-bond acceptors (Lipinski definition) is 6. The third kappa shape index (κ3) is 9.81. The van der Waals surface area contributed by atoms with Crippen LogP contribution in [0.15, 0.2) is 10.1 Å². The molecule has 0 aromatic heterocycles. The highest BCUT2D eigenvalue weighted by molar-refractivity contribution is 5.87. The lowest BCUT2D eigenvalue weighted by atomic mass is 9.86. The minimum atomic E-state index is -0.583. The zero-order valence-corrected chi connectivity index (χ0v) is 16.3. The molecule has 8 nitrogen and oxygen atoms in total. The first-order valence-corrected chi connectivity index (χ1v) is 8.38. The van der Waals surface area contributed by atoms with Crippen LogP contribution in [0.3, 0.4) is 0 Å². The van der Waals surface area contributed by atoms with Crippen LogP contribution in [-0.4, -0.2) is 42.2 Å². The number of rotatable bonds is 8. The van der Waals surface area contributed by atoms with Crippen LogP contribution in [0.4, 0.5) is 0 Å². The van der Waals surface area contributed by atoms with E-state index in [4.69, 9.17) is 10.0 Å². The van der Waals surface area contributed by atoms with Crippen molar-refractivity contribution in [1.29, 1.82) is 0 Å². The van der Waals surface area contributed by atoms with Crippen molar-refractivity contribution in [3.63, 3.8) is 0 Å². The molecule has 0 aliphatic rings. The van der Waals surface area contributed by atoms with E-state index in [0.717, 1.165) is 0 Å². The number of oxime groups is 1. The van der Waals surface area contributed by atoms with E-state index in [9.17, 15) is 9.59 Å². The highest BCUT2D eigenvalue weighted by Crippen LogP contribution is 2.21. The lowest BCUT2D eigenvalue weighted by Gasteiger charge is -2.30. The van der Waals surface area contributed by atoms with Gasteiger partial charge in [0.15, 0.2) is 0 Å². The summed E-state index contributed by atoms with van der Waals surface area (Å²) >= 11 is 0. The Balaban J connectivity index is 5.15. The van der Waals surface area contributed by atoms with Crippen LogP contribution in [0, 0.1) is 17.3 Å². The van der Waals surface area contributed by atoms with Crippen molar-refractivity contribution in [2.24, 2.45) is 27.4 Å². The van der Waals surface area contributed by atoms with Gasteiger partial charge in [-0.05, 0) is 17.8 Å². The number of nitrogens with zero attached hydrogens (tertiary/aromatic N) is 2. The smallest absolute Gasteiger partial charge is 0.244 e. The highest BCUT2D eigenvalue weighted by Gasteiger charge is 2.29. The third-order valence-electron chi connectivity index (χ3n) is 3.62. The van der Waals surface area contributed by atoms with Gasteiger partial charge in [-0.1, -0.05) is 39.8 Å². The molecule has 144 valence electrons. The standard InChI is InChI=1S/C17H32N4O4/c1-11(2)8-13(9-15(22)21-24)16(23)20-14(17(4,5)6)10-19-25-12(3)18-7/h10-11,13-14,24H,8-9H2,1-7H3,(H,20,23)(H,21,22)/b18-12?,19-10+/t13?,14-/m1/s1. The van der Waals surface area contributed by atoms with Gasteiger partial charge < -0.3 is 10.2 Å². The van der Waals surface area contributed by atoms with Crippen molar-refractivity contribution in [3.05, 3.63) is 0 Å². The first-order valence-electron chi connectivity index (χ1n) is 8.38. The second-order valence-corrected chi connectivity index (χ2v) is 7.51. The number of amides is 2. The van der Waals surface area contributed by atoms with Gasteiger partial charge in [0.1, 0.15) is 0 Å². The Bertz CT molecular complexity index is 495. The van der Waals surface area contributed by atoms with Crippen molar-refractivity contribution in [2.45, 2.75) is 60.4 Å². The number of nitrogens with one attached hydrogen (secondary N) is 2. The Kier molecular flexibility index (Phi) is 9.96. The van der Waals surface area contributed by atoms with Crippen molar-refractivity contribution in [1.82, 2.24) is 10.8 Å². The van der Waals surface area contributed by atoms with E-state index in [-0.39, 0.29) is 23.7 Å². The molecular weight excluding hydrogens is 324 g/mol. The topological polar surface area (TPSA) is 112 Å². The first kappa shape index (κ1) is 23.0. The summed E-state index contributed by atoms with van der Waals surface area (Å²) in [5.41, 5.74) is 1.28.